The lowest BCUT2D eigenvalue weighted by atomic mass is 10.1. The summed E-state index contributed by atoms with van der Waals surface area (Å²) in [6.45, 7) is 6.05. The number of benzene rings is 2. The molecule has 2 aromatic carbocycles. The minimum absolute atomic E-state index is 0.138. The summed E-state index contributed by atoms with van der Waals surface area (Å²) in [7, 11) is 0. The highest BCUT2D eigenvalue weighted by Gasteiger charge is 2.11. The van der Waals surface area contributed by atoms with Gasteiger partial charge in [-0.1, -0.05) is 41.6 Å². The van der Waals surface area contributed by atoms with E-state index >= 15 is 0 Å². The van der Waals surface area contributed by atoms with Crippen LogP contribution in [0.15, 0.2) is 52.2 Å². The number of nitrogens with zero attached hydrogens (tertiary/aromatic N) is 1. The molecule has 0 aliphatic rings. The van der Waals surface area contributed by atoms with E-state index in [0.29, 0.717) is 21.7 Å². The third kappa shape index (κ3) is 4.48. The summed E-state index contributed by atoms with van der Waals surface area (Å²) in [5.74, 6) is 0.764. The molecule has 0 radical (unpaired) electrons. The fourth-order valence-corrected chi connectivity index (χ4v) is 3.13. The van der Waals surface area contributed by atoms with Crippen LogP contribution >= 0.6 is 23.4 Å². The Balaban J connectivity index is 1.59. The highest BCUT2D eigenvalue weighted by molar-refractivity contribution is 7.99. The predicted molar refractivity (Wildman–Crippen MR) is 107 cm³/mol. The van der Waals surface area contributed by atoms with Crippen LogP contribution < -0.4 is 5.32 Å². The maximum atomic E-state index is 12.1. The number of hydrogen-bond acceptors (Lipinski definition) is 4. The third-order valence-electron chi connectivity index (χ3n) is 4.06. The molecular formula is C20H19ClN2O2S. The molecule has 0 bridgehead atoms. The first-order chi connectivity index (χ1) is 12.4. The van der Waals surface area contributed by atoms with Gasteiger partial charge >= 0.3 is 0 Å². The molecule has 26 heavy (non-hydrogen) atoms. The number of halogens is 1. The summed E-state index contributed by atoms with van der Waals surface area (Å²) in [6, 6.07) is 11.6. The van der Waals surface area contributed by atoms with E-state index in [-0.39, 0.29) is 11.7 Å². The first kappa shape index (κ1) is 18.5. The van der Waals surface area contributed by atoms with E-state index in [2.05, 4.69) is 36.3 Å². The van der Waals surface area contributed by atoms with Gasteiger partial charge in [0.25, 0.3) is 5.22 Å². The SMILES string of the molecule is Cc1ccc(-c2cnc(SCC(=O)Nc3ccc(C)c(Cl)c3)o2)cc1C. The quantitative estimate of drug-likeness (QED) is 0.575. The molecule has 0 saturated heterocycles. The van der Waals surface area contributed by atoms with Crippen LogP contribution in [0.4, 0.5) is 5.69 Å². The highest BCUT2D eigenvalue weighted by Crippen LogP contribution is 2.27. The largest absolute Gasteiger partial charge is 0.431 e. The van der Waals surface area contributed by atoms with E-state index in [1.165, 1.54) is 22.9 Å². The van der Waals surface area contributed by atoms with Gasteiger partial charge < -0.3 is 9.73 Å². The molecule has 1 heterocycles. The number of aryl methyl sites for hydroxylation is 3. The first-order valence-corrected chi connectivity index (χ1v) is 9.51. The Morgan fingerprint density at radius 2 is 1.88 bits per heavy atom. The molecule has 0 spiro atoms. The minimum Gasteiger partial charge on any atom is -0.431 e. The van der Waals surface area contributed by atoms with Crippen LogP contribution in [-0.4, -0.2) is 16.6 Å². The number of rotatable bonds is 5. The maximum absolute atomic E-state index is 12.1. The summed E-state index contributed by atoms with van der Waals surface area (Å²) in [6.07, 6.45) is 1.68. The van der Waals surface area contributed by atoms with Crippen LogP contribution in [0.1, 0.15) is 16.7 Å². The molecule has 0 unspecified atom stereocenters. The Labute approximate surface area is 162 Å². The monoisotopic (exact) mass is 386 g/mol. The number of aromatic nitrogens is 1. The lowest BCUT2D eigenvalue weighted by Gasteiger charge is -2.06. The fourth-order valence-electron chi connectivity index (χ4n) is 2.35. The molecule has 3 aromatic rings. The van der Waals surface area contributed by atoms with E-state index in [4.69, 9.17) is 16.0 Å². The Hall–Kier alpha value is -2.24. The van der Waals surface area contributed by atoms with Crippen molar-refractivity contribution in [2.75, 3.05) is 11.1 Å². The second kappa shape index (κ2) is 7.98. The van der Waals surface area contributed by atoms with Gasteiger partial charge in [0.05, 0.1) is 11.9 Å². The highest BCUT2D eigenvalue weighted by atomic mass is 35.5. The van der Waals surface area contributed by atoms with Crippen LogP contribution in [0.5, 0.6) is 0 Å². The smallest absolute Gasteiger partial charge is 0.256 e. The van der Waals surface area contributed by atoms with Gasteiger partial charge in [-0.05, 0) is 55.7 Å². The maximum Gasteiger partial charge on any atom is 0.256 e. The number of amides is 1. The first-order valence-electron chi connectivity index (χ1n) is 8.14. The molecule has 0 fully saturated rings. The Morgan fingerprint density at radius 1 is 1.12 bits per heavy atom. The molecule has 4 nitrogen and oxygen atoms in total. The molecule has 6 heteroatoms. The Kier molecular flexibility index (Phi) is 5.69. The summed E-state index contributed by atoms with van der Waals surface area (Å²) < 4.78 is 5.75. The molecule has 1 N–H and O–H groups in total. The van der Waals surface area contributed by atoms with E-state index in [1.54, 1.807) is 12.3 Å². The fraction of sp³-hybridized carbons (Fsp3) is 0.200. The number of hydrogen-bond donors (Lipinski definition) is 1. The lowest BCUT2D eigenvalue weighted by molar-refractivity contribution is -0.113. The molecule has 0 atom stereocenters. The summed E-state index contributed by atoms with van der Waals surface area (Å²) in [5.41, 5.74) is 5.05. The molecular weight excluding hydrogens is 368 g/mol. The molecule has 3 rings (SSSR count). The zero-order chi connectivity index (χ0) is 18.7. The van der Waals surface area contributed by atoms with Crippen molar-refractivity contribution in [3.05, 3.63) is 64.3 Å². The van der Waals surface area contributed by atoms with Gasteiger partial charge in [-0.25, -0.2) is 4.98 Å². The molecule has 0 aliphatic carbocycles. The Bertz CT molecular complexity index is 953. The third-order valence-corrected chi connectivity index (χ3v) is 5.31. The number of anilines is 1. The van der Waals surface area contributed by atoms with E-state index < -0.39 is 0 Å². The normalized spacial score (nSPS) is 10.8. The predicted octanol–water partition coefficient (Wildman–Crippen LogP) is 5.65. The van der Waals surface area contributed by atoms with Gasteiger partial charge in [0.2, 0.25) is 5.91 Å². The molecule has 134 valence electrons. The van der Waals surface area contributed by atoms with Crippen molar-refractivity contribution < 1.29 is 9.21 Å². The van der Waals surface area contributed by atoms with Gasteiger partial charge in [-0.2, -0.15) is 0 Å². The lowest BCUT2D eigenvalue weighted by Crippen LogP contribution is -2.13. The van der Waals surface area contributed by atoms with Crippen molar-refractivity contribution >= 4 is 35.0 Å². The second-order valence-electron chi connectivity index (χ2n) is 6.09. The van der Waals surface area contributed by atoms with Crippen LogP contribution in [0, 0.1) is 20.8 Å². The second-order valence-corrected chi connectivity index (χ2v) is 7.42. The number of thioether (sulfide) groups is 1. The van der Waals surface area contributed by atoms with E-state index in [0.717, 1.165) is 11.1 Å². The van der Waals surface area contributed by atoms with Crippen LogP contribution in [0.2, 0.25) is 5.02 Å². The molecule has 0 aliphatic heterocycles. The average molecular weight is 387 g/mol. The van der Waals surface area contributed by atoms with Crippen molar-refractivity contribution in [1.82, 2.24) is 4.98 Å². The van der Waals surface area contributed by atoms with Crippen molar-refractivity contribution in [1.29, 1.82) is 0 Å². The Morgan fingerprint density at radius 3 is 2.62 bits per heavy atom. The molecule has 1 aromatic heterocycles. The van der Waals surface area contributed by atoms with Crippen molar-refractivity contribution in [2.45, 2.75) is 26.0 Å². The van der Waals surface area contributed by atoms with Gasteiger partial charge in [-0.3, -0.25) is 4.79 Å². The van der Waals surface area contributed by atoms with Gasteiger partial charge in [0.1, 0.15) is 0 Å². The topological polar surface area (TPSA) is 55.1 Å². The number of carbonyl (C=O) groups is 1. The van der Waals surface area contributed by atoms with Crippen LogP contribution in [-0.2, 0) is 4.79 Å². The van der Waals surface area contributed by atoms with Crippen molar-refractivity contribution in [3.63, 3.8) is 0 Å². The summed E-state index contributed by atoms with van der Waals surface area (Å²) in [4.78, 5) is 16.3. The van der Waals surface area contributed by atoms with E-state index in [9.17, 15) is 4.79 Å². The van der Waals surface area contributed by atoms with Gasteiger partial charge in [-0.15, -0.1) is 0 Å². The van der Waals surface area contributed by atoms with Crippen molar-refractivity contribution in [3.8, 4) is 11.3 Å². The summed E-state index contributed by atoms with van der Waals surface area (Å²) in [5, 5.41) is 3.91. The summed E-state index contributed by atoms with van der Waals surface area (Å²) >= 11 is 7.33. The average Bonchev–Trinajstić information content (AvgIpc) is 3.08. The number of carbonyl (C=O) groups excluding carboxylic acids is 1. The van der Waals surface area contributed by atoms with Gasteiger partial charge in [0.15, 0.2) is 5.76 Å². The van der Waals surface area contributed by atoms with E-state index in [1.807, 2.05) is 25.1 Å². The standard InChI is InChI=1S/C20H19ClN2O2S/c1-12-4-6-15(8-14(12)3)18-10-22-20(25-18)26-11-19(24)23-16-7-5-13(2)17(21)9-16/h4-10H,11H2,1-3H3,(H,23,24). The number of nitrogens with one attached hydrogen (secondary N) is 1. The van der Waals surface area contributed by atoms with Crippen LogP contribution in [0.3, 0.4) is 0 Å². The van der Waals surface area contributed by atoms with Gasteiger partial charge in [0, 0.05) is 16.3 Å². The molecule has 1 amide bonds. The zero-order valence-corrected chi connectivity index (χ0v) is 16.4. The van der Waals surface area contributed by atoms with Crippen molar-refractivity contribution in [2.24, 2.45) is 0 Å². The zero-order valence-electron chi connectivity index (χ0n) is 14.8. The minimum atomic E-state index is -0.138. The number of oxazole rings is 1. The molecule has 0 saturated carbocycles. The van der Waals surface area contributed by atoms with Crippen LogP contribution in [0.25, 0.3) is 11.3 Å².